The van der Waals surface area contributed by atoms with Gasteiger partial charge in [-0.3, -0.25) is 0 Å². The lowest BCUT2D eigenvalue weighted by Gasteiger charge is -2.05. The minimum absolute atomic E-state index is 0.0381. The Morgan fingerprint density at radius 2 is 2.09 bits per heavy atom. The number of ether oxygens (including phenoxy) is 1. The van der Waals surface area contributed by atoms with Crippen molar-refractivity contribution in [3.63, 3.8) is 0 Å². The van der Waals surface area contributed by atoms with E-state index in [4.69, 9.17) is 5.73 Å². The molecule has 5 heteroatoms. The van der Waals surface area contributed by atoms with Crippen LogP contribution in [0.25, 0.3) is 0 Å². The molecule has 0 rings (SSSR count). The molecule has 68 valence electrons. The van der Waals surface area contributed by atoms with Gasteiger partial charge in [0.1, 0.15) is 0 Å². The molecule has 0 heterocycles. The van der Waals surface area contributed by atoms with Crippen LogP contribution in [0.4, 0.5) is 0 Å². The summed E-state index contributed by atoms with van der Waals surface area (Å²) in [5, 5.41) is 0. The highest BCUT2D eigenvalue weighted by atomic mass is 32.2. The third-order valence-corrected chi connectivity index (χ3v) is 2.94. The van der Waals surface area contributed by atoms with Gasteiger partial charge in [-0.2, -0.15) is 0 Å². The van der Waals surface area contributed by atoms with E-state index < -0.39 is 9.84 Å². The summed E-state index contributed by atoms with van der Waals surface area (Å²) >= 11 is 0. The molecule has 0 amide bonds. The molecule has 0 fully saturated rings. The van der Waals surface area contributed by atoms with E-state index in [2.05, 4.69) is 4.74 Å². The Labute approximate surface area is 67.6 Å². The fourth-order valence-electron chi connectivity index (χ4n) is 0.694. The van der Waals surface area contributed by atoms with E-state index in [0.717, 1.165) is 0 Å². The van der Waals surface area contributed by atoms with Crippen LogP contribution in [0.5, 0.6) is 0 Å². The third kappa shape index (κ3) is 6.28. The van der Waals surface area contributed by atoms with Gasteiger partial charge in [0.05, 0.1) is 18.1 Å². The number of nitrogens with two attached hydrogens (primary N) is 1. The molecule has 0 aliphatic carbocycles. The van der Waals surface area contributed by atoms with Crippen molar-refractivity contribution < 1.29 is 13.2 Å². The zero-order valence-corrected chi connectivity index (χ0v) is 7.73. The summed E-state index contributed by atoms with van der Waals surface area (Å²) in [6.45, 7) is 1.92. The van der Waals surface area contributed by atoms with Crippen LogP contribution < -0.4 is 5.73 Å². The van der Waals surface area contributed by atoms with E-state index >= 15 is 0 Å². The van der Waals surface area contributed by atoms with Gasteiger partial charge in [-0.15, -0.1) is 0 Å². The number of sulfone groups is 1. The van der Waals surface area contributed by atoms with Crippen molar-refractivity contribution in [3.05, 3.63) is 0 Å². The molecular weight excluding hydrogens is 166 g/mol. The summed E-state index contributed by atoms with van der Waals surface area (Å²) < 4.78 is 26.7. The molecule has 0 bridgehead atoms. The SMILES string of the molecule is COCCS(=O)(=O)CC(C)N. The van der Waals surface area contributed by atoms with E-state index in [1.165, 1.54) is 7.11 Å². The lowest BCUT2D eigenvalue weighted by Crippen LogP contribution is -2.28. The molecule has 0 aromatic heterocycles. The smallest absolute Gasteiger partial charge is 0.154 e. The zero-order valence-electron chi connectivity index (χ0n) is 6.91. The predicted octanol–water partition coefficient (Wildman–Crippen LogP) is -0.605. The van der Waals surface area contributed by atoms with Gasteiger partial charge >= 0.3 is 0 Å². The van der Waals surface area contributed by atoms with E-state index in [-0.39, 0.29) is 24.2 Å². The van der Waals surface area contributed by atoms with Gasteiger partial charge in [-0.1, -0.05) is 0 Å². The monoisotopic (exact) mass is 181 g/mol. The summed E-state index contributed by atoms with van der Waals surface area (Å²) in [5.41, 5.74) is 5.33. The van der Waals surface area contributed by atoms with E-state index in [9.17, 15) is 8.42 Å². The van der Waals surface area contributed by atoms with Crippen molar-refractivity contribution in [2.24, 2.45) is 5.73 Å². The summed E-state index contributed by atoms with van der Waals surface area (Å²) in [5.74, 6) is 0.0986. The molecule has 0 radical (unpaired) electrons. The van der Waals surface area contributed by atoms with Crippen LogP contribution in [0.15, 0.2) is 0 Å². The Kier molecular flexibility index (Phi) is 4.63. The summed E-state index contributed by atoms with van der Waals surface area (Å²) in [7, 11) is -1.52. The topological polar surface area (TPSA) is 69.4 Å². The standard InChI is InChI=1S/C6H15NO3S/c1-6(7)5-11(8,9)4-3-10-2/h6H,3-5,7H2,1-2H3. The normalized spacial score (nSPS) is 14.8. The molecule has 11 heavy (non-hydrogen) atoms. The van der Waals surface area contributed by atoms with E-state index in [1.807, 2.05) is 0 Å². The molecule has 4 nitrogen and oxygen atoms in total. The van der Waals surface area contributed by atoms with Crippen LogP contribution >= 0.6 is 0 Å². The second kappa shape index (κ2) is 4.69. The maximum atomic E-state index is 11.0. The van der Waals surface area contributed by atoms with Crippen molar-refractivity contribution in [3.8, 4) is 0 Å². The Hall–Kier alpha value is -0.130. The molecule has 0 aromatic carbocycles. The quantitative estimate of drug-likeness (QED) is 0.614. The molecule has 0 aliphatic rings. The van der Waals surface area contributed by atoms with Crippen LogP contribution in [0.1, 0.15) is 6.92 Å². The molecule has 2 N–H and O–H groups in total. The van der Waals surface area contributed by atoms with Gasteiger partial charge in [0.25, 0.3) is 0 Å². The maximum absolute atomic E-state index is 11.0. The highest BCUT2D eigenvalue weighted by Gasteiger charge is 2.12. The summed E-state index contributed by atoms with van der Waals surface area (Å²) in [6, 6.07) is -0.295. The first-order chi connectivity index (χ1) is 4.98. The largest absolute Gasteiger partial charge is 0.384 e. The van der Waals surface area contributed by atoms with Crippen molar-refractivity contribution in [1.29, 1.82) is 0 Å². The number of hydrogen-bond donors (Lipinski definition) is 1. The minimum atomic E-state index is -2.99. The fraction of sp³-hybridized carbons (Fsp3) is 1.00. The van der Waals surface area contributed by atoms with Gasteiger partial charge < -0.3 is 10.5 Å². The van der Waals surface area contributed by atoms with Crippen LogP contribution in [0.2, 0.25) is 0 Å². The number of methoxy groups -OCH3 is 1. The van der Waals surface area contributed by atoms with Crippen molar-refractivity contribution in [2.45, 2.75) is 13.0 Å². The van der Waals surface area contributed by atoms with Gasteiger partial charge in [0, 0.05) is 13.2 Å². The fourth-order valence-corrected chi connectivity index (χ4v) is 2.08. The van der Waals surface area contributed by atoms with Crippen LogP contribution in [-0.2, 0) is 14.6 Å². The lowest BCUT2D eigenvalue weighted by molar-refractivity contribution is 0.217. The molecule has 1 atom stereocenters. The molecule has 1 unspecified atom stereocenters. The molecule has 0 saturated carbocycles. The Morgan fingerprint density at radius 1 is 1.55 bits per heavy atom. The zero-order chi connectivity index (χ0) is 8.91. The Bertz CT molecular complexity index is 186. The molecule has 0 spiro atoms. The molecule has 0 saturated heterocycles. The summed E-state index contributed by atoms with van der Waals surface area (Å²) in [6.07, 6.45) is 0. The highest BCUT2D eigenvalue weighted by Crippen LogP contribution is 1.92. The number of rotatable bonds is 5. The second-order valence-corrected chi connectivity index (χ2v) is 4.81. The van der Waals surface area contributed by atoms with E-state index in [1.54, 1.807) is 6.92 Å². The van der Waals surface area contributed by atoms with Crippen molar-refractivity contribution in [1.82, 2.24) is 0 Å². The first-order valence-corrected chi connectivity index (χ1v) is 5.25. The van der Waals surface area contributed by atoms with Crippen LogP contribution in [-0.4, -0.2) is 39.7 Å². The third-order valence-electron chi connectivity index (χ3n) is 1.12. The summed E-state index contributed by atoms with van der Waals surface area (Å²) in [4.78, 5) is 0. The average Bonchev–Trinajstić information content (AvgIpc) is 1.81. The first-order valence-electron chi connectivity index (χ1n) is 3.43. The van der Waals surface area contributed by atoms with Crippen molar-refractivity contribution >= 4 is 9.84 Å². The average molecular weight is 181 g/mol. The Morgan fingerprint density at radius 3 is 2.45 bits per heavy atom. The minimum Gasteiger partial charge on any atom is -0.384 e. The van der Waals surface area contributed by atoms with Gasteiger partial charge in [0.15, 0.2) is 9.84 Å². The highest BCUT2D eigenvalue weighted by molar-refractivity contribution is 7.91. The van der Waals surface area contributed by atoms with E-state index in [0.29, 0.717) is 0 Å². The second-order valence-electron chi connectivity index (χ2n) is 2.58. The molecular formula is C6H15NO3S. The van der Waals surface area contributed by atoms with Crippen molar-refractivity contribution in [2.75, 3.05) is 25.2 Å². The Balaban J connectivity index is 3.82. The molecule has 0 aliphatic heterocycles. The van der Waals surface area contributed by atoms with Gasteiger partial charge in [-0.25, -0.2) is 8.42 Å². The number of hydrogen-bond acceptors (Lipinski definition) is 4. The van der Waals surface area contributed by atoms with Crippen LogP contribution in [0.3, 0.4) is 0 Å². The molecule has 0 aromatic rings. The van der Waals surface area contributed by atoms with Crippen LogP contribution in [0, 0.1) is 0 Å². The first kappa shape index (κ1) is 10.9. The maximum Gasteiger partial charge on any atom is 0.154 e. The predicted molar refractivity (Wildman–Crippen MR) is 44.2 cm³/mol. The lowest BCUT2D eigenvalue weighted by atomic mass is 10.4. The van der Waals surface area contributed by atoms with Gasteiger partial charge in [-0.05, 0) is 6.92 Å². The van der Waals surface area contributed by atoms with Gasteiger partial charge in [0.2, 0.25) is 0 Å².